The molecule has 0 spiro atoms. The number of hydrogen-bond donors (Lipinski definition) is 3. The molecule has 2 aromatic carbocycles. The van der Waals surface area contributed by atoms with Gasteiger partial charge in [-0.1, -0.05) is 24.3 Å². The highest BCUT2D eigenvalue weighted by molar-refractivity contribution is 6.58. The number of carbonyl (C=O) groups is 2. The fourth-order valence-electron chi connectivity index (χ4n) is 4.14. The van der Waals surface area contributed by atoms with Crippen molar-refractivity contribution in [2.45, 2.75) is 37.1 Å². The van der Waals surface area contributed by atoms with Gasteiger partial charge in [0.05, 0.1) is 5.52 Å². The molecule has 1 aliphatic rings. The molecule has 1 fully saturated rings. The van der Waals surface area contributed by atoms with Gasteiger partial charge >= 0.3 is 6.36 Å². The second-order valence-corrected chi connectivity index (χ2v) is 10.7. The molecule has 3 N–H and O–H groups in total. The van der Waals surface area contributed by atoms with Gasteiger partial charge in [-0.2, -0.15) is 5.10 Å². The number of nitrogens with one attached hydrogen (secondary N) is 3. The Balaban J connectivity index is 1.42. The fraction of sp³-hybridized carbons (Fsp3) is 0.231. The van der Waals surface area contributed by atoms with E-state index in [1.165, 1.54) is 18.2 Å². The molecule has 208 valence electrons. The summed E-state index contributed by atoms with van der Waals surface area (Å²) >= 11 is 0. The molecule has 15 heteroatoms. The molecule has 2 amide bonds. The van der Waals surface area contributed by atoms with Crippen LogP contribution < -0.4 is 20.1 Å². The fourth-order valence-corrected chi connectivity index (χ4v) is 4.14. The lowest BCUT2D eigenvalue weighted by Gasteiger charge is -2.23. The van der Waals surface area contributed by atoms with Crippen LogP contribution in [-0.4, -0.2) is 68.2 Å². The van der Waals surface area contributed by atoms with E-state index in [-0.39, 0.29) is 35.5 Å². The van der Waals surface area contributed by atoms with Gasteiger partial charge in [-0.25, -0.2) is 4.98 Å². The summed E-state index contributed by atoms with van der Waals surface area (Å²) < 4.78 is 48.5. The van der Waals surface area contributed by atoms with Crippen LogP contribution >= 0.6 is 0 Å². The number of rotatable bonds is 9. The van der Waals surface area contributed by atoms with Gasteiger partial charge in [-0.15, -0.1) is 13.2 Å². The Morgan fingerprint density at radius 1 is 1.00 bits per heavy atom. The lowest BCUT2D eigenvalue weighted by atomic mass is 9.52. The number of para-hydroxylation sites is 1. The topological polar surface area (TPSA) is 118 Å². The molecule has 0 radical (unpaired) electrons. The molecule has 1 saturated carbocycles. The van der Waals surface area contributed by atoms with Crippen molar-refractivity contribution in [3.63, 3.8) is 0 Å². The van der Waals surface area contributed by atoms with Crippen molar-refractivity contribution in [3.8, 4) is 22.8 Å². The number of pyridine rings is 1. The number of halogens is 3. The van der Waals surface area contributed by atoms with E-state index in [1.54, 1.807) is 60.1 Å². The standard InChI is InChI=1S/C26H25B3F3N5O4/c27-25(28,29)41-24-18(22(38)33-11-14-3-1-2-4-20(14)40-26(30,31)32)9-15(12-34-24)13-5-8-17-19(10-13)36-37-21(17)23(39)35-16-6-7-16/h1-5,8-10,12,16H,6-7,11,27-29H2,(H,33,38)(H,35,39)(H,36,37). The second kappa shape index (κ2) is 10.9. The van der Waals surface area contributed by atoms with Crippen molar-refractivity contribution < 1.29 is 32.2 Å². The van der Waals surface area contributed by atoms with E-state index in [1.807, 2.05) is 0 Å². The number of fused-ring (bicyclic) bond motifs is 1. The second-order valence-electron chi connectivity index (χ2n) is 10.7. The molecule has 0 saturated heterocycles. The zero-order chi connectivity index (χ0) is 29.4. The number of aromatic amines is 1. The number of hydrogen-bond acceptors (Lipinski definition) is 6. The minimum Gasteiger partial charge on any atom is -0.498 e. The largest absolute Gasteiger partial charge is 0.573 e. The summed E-state index contributed by atoms with van der Waals surface area (Å²) in [6, 6.07) is 12.7. The SMILES string of the molecule is BC(B)(B)Oc1ncc(-c2ccc3c(C(=O)NC4CC4)n[nH]c3c2)cc1C(=O)NCc1ccccc1OC(F)(F)F. The molecule has 0 bridgehead atoms. The van der Waals surface area contributed by atoms with Gasteiger partial charge in [0.2, 0.25) is 5.88 Å². The van der Waals surface area contributed by atoms with Gasteiger partial charge in [0.1, 0.15) is 34.9 Å². The van der Waals surface area contributed by atoms with E-state index in [9.17, 15) is 22.8 Å². The average molecular weight is 561 g/mol. The average Bonchev–Trinajstić information content (AvgIpc) is 3.60. The number of aromatic nitrogens is 3. The van der Waals surface area contributed by atoms with Gasteiger partial charge in [-0.3, -0.25) is 14.7 Å². The summed E-state index contributed by atoms with van der Waals surface area (Å²) in [5.41, 5.74) is 2.46. The van der Waals surface area contributed by atoms with Crippen LogP contribution in [0, 0.1) is 0 Å². The van der Waals surface area contributed by atoms with Crippen molar-refractivity contribution in [2.75, 3.05) is 0 Å². The first-order chi connectivity index (χ1) is 19.4. The monoisotopic (exact) mass is 561 g/mol. The van der Waals surface area contributed by atoms with Crippen LogP contribution in [0.25, 0.3) is 22.0 Å². The Morgan fingerprint density at radius 2 is 1.76 bits per heavy atom. The van der Waals surface area contributed by atoms with Crippen molar-refractivity contribution in [2.24, 2.45) is 0 Å². The van der Waals surface area contributed by atoms with Crippen molar-refractivity contribution in [1.29, 1.82) is 0 Å². The molecule has 41 heavy (non-hydrogen) atoms. The lowest BCUT2D eigenvalue weighted by molar-refractivity contribution is -0.274. The summed E-state index contributed by atoms with van der Waals surface area (Å²) in [5, 5.41) is 12.6. The molecule has 2 aromatic heterocycles. The van der Waals surface area contributed by atoms with Crippen LogP contribution in [0.1, 0.15) is 39.3 Å². The first-order valence-corrected chi connectivity index (χ1v) is 13.0. The zero-order valence-corrected chi connectivity index (χ0v) is 22.6. The highest BCUT2D eigenvalue weighted by atomic mass is 19.4. The van der Waals surface area contributed by atoms with Gasteiger partial charge in [0.25, 0.3) is 11.8 Å². The molecular formula is C26H25B3F3N5O4. The molecule has 2 heterocycles. The third-order valence-corrected chi connectivity index (χ3v) is 6.16. The molecule has 0 aliphatic heterocycles. The predicted octanol–water partition coefficient (Wildman–Crippen LogP) is 1.24. The van der Waals surface area contributed by atoms with Crippen LogP contribution in [0.15, 0.2) is 54.7 Å². The minimum absolute atomic E-state index is 0.0697. The summed E-state index contributed by atoms with van der Waals surface area (Å²) in [7, 11) is 5.41. The quantitative estimate of drug-likeness (QED) is 0.265. The third-order valence-electron chi connectivity index (χ3n) is 6.16. The summed E-state index contributed by atoms with van der Waals surface area (Å²) in [6.45, 7) is -0.226. The van der Waals surface area contributed by atoms with Crippen LogP contribution in [0.3, 0.4) is 0 Å². The predicted molar refractivity (Wildman–Crippen MR) is 153 cm³/mol. The van der Waals surface area contributed by atoms with Crippen molar-refractivity contribution in [3.05, 3.63) is 71.5 Å². The molecule has 0 unspecified atom stereocenters. The van der Waals surface area contributed by atoms with Gasteiger partial charge in [0, 0.05) is 40.6 Å². The Hall–Kier alpha value is -4.42. The number of benzene rings is 2. The van der Waals surface area contributed by atoms with E-state index < -0.39 is 23.3 Å². The number of amides is 2. The normalized spacial score (nSPS) is 13.5. The Morgan fingerprint density at radius 3 is 2.46 bits per heavy atom. The summed E-state index contributed by atoms with van der Waals surface area (Å²) in [6.07, 6.45) is -1.39. The number of nitrogens with zero attached hydrogens (tertiary/aromatic N) is 2. The van der Waals surface area contributed by atoms with E-state index >= 15 is 0 Å². The van der Waals surface area contributed by atoms with E-state index in [0.29, 0.717) is 27.7 Å². The van der Waals surface area contributed by atoms with Crippen LogP contribution in [-0.2, 0) is 6.54 Å². The van der Waals surface area contributed by atoms with E-state index in [4.69, 9.17) is 4.74 Å². The number of ether oxygens (including phenoxy) is 2. The first kappa shape index (κ1) is 28.1. The Kier molecular flexibility index (Phi) is 7.45. The Bertz CT molecular complexity index is 1620. The molecule has 4 aromatic rings. The maximum atomic E-state index is 13.3. The molecule has 5 rings (SSSR count). The third kappa shape index (κ3) is 7.03. The first-order valence-electron chi connectivity index (χ1n) is 13.0. The lowest BCUT2D eigenvalue weighted by Crippen LogP contribution is -2.38. The van der Waals surface area contributed by atoms with E-state index in [2.05, 4.69) is 30.6 Å². The minimum atomic E-state index is -4.87. The zero-order valence-electron chi connectivity index (χ0n) is 22.6. The maximum absolute atomic E-state index is 13.3. The molecular weight excluding hydrogens is 536 g/mol. The number of H-pyrrole nitrogens is 1. The van der Waals surface area contributed by atoms with Gasteiger partial charge in [-0.05, 0) is 42.7 Å². The molecule has 0 atom stereocenters. The highest BCUT2D eigenvalue weighted by Crippen LogP contribution is 2.30. The van der Waals surface area contributed by atoms with Gasteiger partial charge in [0.15, 0.2) is 5.69 Å². The number of carbonyl (C=O) groups excluding carboxylic acids is 2. The van der Waals surface area contributed by atoms with Gasteiger partial charge < -0.3 is 20.1 Å². The molecule has 1 aliphatic carbocycles. The number of alkyl halides is 3. The molecule has 9 nitrogen and oxygen atoms in total. The summed E-state index contributed by atoms with van der Waals surface area (Å²) in [5.74, 6) is -1.17. The maximum Gasteiger partial charge on any atom is 0.573 e. The van der Waals surface area contributed by atoms with Crippen LogP contribution in [0.4, 0.5) is 13.2 Å². The Labute approximate surface area is 235 Å². The van der Waals surface area contributed by atoms with Crippen LogP contribution in [0.5, 0.6) is 11.6 Å². The summed E-state index contributed by atoms with van der Waals surface area (Å²) in [4.78, 5) is 30.2. The van der Waals surface area contributed by atoms with E-state index in [0.717, 1.165) is 12.8 Å². The highest BCUT2D eigenvalue weighted by Gasteiger charge is 2.32. The van der Waals surface area contributed by atoms with Crippen molar-refractivity contribution >= 4 is 46.3 Å². The van der Waals surface area contributed by atoms with Crippen molar-refractivity contribution in [1.82, 2.24) is 25.8 Å². The smallest absolute Gasteiger partial charge is 0.498 e. The van der Waals surface area contributed by atoms with Crippen LogP contribution in [0.2, 0.25) is 0 Å².